The first-order chi connectivity index (χ1) is 14.5. The van der Waals surface area contributed by atoms with Crippen LogP contribution in [-0.4, -0.2) is 39.1 Å². The fourth-order valence-electron chi connectivity index (χ4n) is 3.37. The van der Waals surface area contributed by atoms with Crippen molar-refractivity contribution in [3.63, 3.8) is 0 Å². The minimum atomic E-state index is -0.405. The zero-order chi connectivity index (χ0) is 21.5. The molecule has 0 aliphatic carbocycles. The van der Waals surface area contributed by atoms with E-state index in [9.17, 15) is 19.5 Å². The third-order valence-electron chi connectivity index (χ3n) is 4.82. The van der Waals surface area contributed by atoms with Crippen LogP contribution in [0.25, 0.3) is 11.0 Å². The first kappa shape index (κ1) is 21.2. The number of rotatable bonds is 9. The largest absolute Gasteiger partial charge is 0.507 e. The van der Waals surface area contributed by atoms with Gasteiger partial charge in [0.05, 0.1) is 16.6 Å². The highest BCUT2D eigenvalue weighted by molar-refractivity contribution is 5.96. The zero-order valence-electron chi connectivity index (χ0n) is 16.9. The van der Waals surface area contributed by atoms with Gasteiger partial charge in [-0.3, -0.25) is 18.7 Å². The highest BCUT2D eigenvalue weighted by atomic mass is 16.3. The van der Waals surface area contributed by atoms with Gasteiger partial charge in [0.2, 0.25) is 5.91 Å². The molecular weight excluding hydrogens is 384 g/mol. The van der Waals surface area contributed by atoms with Gasteiger partial charge in [0, 0.05) is 32.6 Å². The van der Waals surface area contributed by atoms with Gasteiger partial charge in [-0.15, -0.1) is 0 Å². The second-order valence-corrected chi connectivity index (χ2v) is 6.95. The van der Waals surface area contributed by atoms with E-state index in [0.717, 1.165) is 17.5 Å². The van der Waals surface area contributed by atoms with Crippen LogP contribution in [-0.2, 0) is 17.9 Å². The number of para-hydroxylation sites is 3. The molecule has 0 fully saturated rings. The van der Waals surface area contributed by atoms with E-state index in [4.69, 9.17) is 0 Å². The fraction of sp³-hybridized carbons (Fsp3) is 0.318. The lowest BCUT2D eigenvalue weighted by molar-refractivity contribution is -0.121. The topological polar surface area (TPSA) is 105 Å². The molecule has 0 aliphatic heterocycles. The summed E-state index contributed by atoms with van der Waals surface area (Å²) in [4.78, 5) is 36.9. The normalized spacial score (nSPS) is 10.8. The summed E-state index contributed by atoms with van der Waals surface area (Å²) in [5, 5.41) is 15.1. The maximum absolute atomic E-state index is 12.7. The number of nitrogens with zero attached hydrogens (tertiary/aromatic N) is 2. The van der Waals surface area contributed by atoms with Crippen molar-refractivity contribution in [2.45, 2.75) is 32.9 Å². The number of hydrogen-bond acceptors (Lipinski definition) is 4. The Labute approximate surface area is 174 Å². The molecule has 8 heteroatoms. The maximum Gasteiger partial charge on any atom is 0.329 e. The molecule has 0 aliphatic rings. The average Bonchev–Trinajstić information content (AvgIpc) is 3.01. The zero-order valence-corrected chi connectivity index (χ0v) is 16.9. The molecule has 8 nitrogen and oxygen atoms in total. The Balaban J connectivity index is 1.51. The maximum atomic E-state index is 12.7. The van der Waals surface area contributed by atoms with Crippen molar-refractivity contribution in [3.05, 3.63) is 64.6 Å². The van der Waals surface area contributed by atoms with E-state index in [0.29, 0.717) is 6.54 Å². The van der Waals surface area contributed by atoms with Gasteiger partial charge in [0.15, 0.2) is 0 Å². The molecule has 30 heavy (non-hydrogen) atoms. The number of aromatic hydroxyl groups is 1. The van der Waals surface area contributed by atoms with Crippen LogP contribution < -0.4 is 16.3 Å². The summed E-state index contributed by atoms with van der Waals surface area (Å²) >= 11 is 0. The van der Waals surface area contributed by atoms with Crippen molar-refractivity contribution in [1.29, 1.82) is 0 Å². The van der Waals surface area contributed by atoms with Crippen molar-refractivity contribution in [2.75, 3.05) is 13.1 Å². The van der Waals surface area contributed by atoms with Crippen molar-refractivity contribution >= 4 is 22.8 Å². The quantitative estimate of drug-likeness (QED) is 0.468. The van der Waals surface area contributed by atoms with Gasteiger partial charge in [0.1, 0.15) is 5.75 Å². The van der Waals surface area contributed by atoms with Crippen LogP contribution in [0.5, 0.6) is 5.75 Å². The average molecular weight is 410 g/mol. The minimum absolute atomic E-state index is 0.0910. The summed E-state index contributed by atoms with van der Waals surface area (Å²) in [7, 11) is 0. The molecule has 0 saturated heterocycles. The van der Waals surface area contributed by atoms with Gasteiger partial charge in [-0.1, -0.05) is 31.2 Å². The second-order valence-electron chi connectivity index (χ2n) is 6.95. The Hall–Kier alpha value is -3.55. The van der Waals surface area contributed by atoms with E-state index < -0.39 is 5.91 Å². The molecule has 0 bridgehead atoms. The standard InChI is InChI=1S/C22H26N4O4/c1-2-14-25-17-8-4-5-9-18(17)26(22(25)30)15-11-20(28)23-12-13-24-21(29)16-7-3-6-10-19(16)27/h3-10,27H,2,11-15H2,1H3,(H,23,28)(H,24,29). The van der Waals surface area contributed by atoms with Crippen molar-refractivity contribution in [3.8, 4) is 5.75 Å². The molecule has 0 radical (unpaired) electrons. The lowest BCUT2D eigenvalue weighted by Gasteiger charge is -2.08. The van der Waals surface area contributed by atoms with E-state index in [1.807, 2.05) is 31.2 Å². The van der Waals surface area contributed by atoms with Crippen LogP contribution in [0.2, 0.25) is 0 Å². The first-order valence-corrected chi connectivity index (χ1v) is 10.0. The second kappa shape index (κ2) is 9.78. The van der Waals surface area contributed by atoms with Crippen molar-refractivity contribution in [1.82, 2.24) is 19.8 Å². The molecule has 3 rings (SSSR count). The first-order valence-electron chi connectivity index (χ1n) is 10.0. The molecule has 1 aromatic heterocycles. The van der Waals surface area contributed by atoms with Gasteiger partial charge < -0.3 is 15.7 Å². The monoisotopic (exact) mass is 410 g/mol. The van der Waals surface area contributed by atoms with Gasteiger partial charge in [-0.05, 0) is 30.7 Å². The van der Waals surface area contributed by atoms with Gasteiger partial charge in [-0.25, -0.2) is 4.79 Å². The van der Waals surface area contributed by atoms with Crippen molar-refractivity contribution in [2.24, 2.45) is 0 Å². The molecule has 0 unspecified atom stereocenters. The molecule has 0 atom stereocenters. The number of carbonyl (C=O) groups is 2. The molecule has 2 amide bonds. The number of benzene rings is 2. The summed E-state index contributed by atoms with van der Waals surface area (Å²) in [6, 6.07) is 13.8. The van der Waals surface area contributed by atoms with E-state index in [2.05, 4.69) is 10.6 Å². The van der Waals surface area contributed by atoms with Gasteiger partial charge >= 0.3 is 5.69 Å². The number of phenols is 1. The number of amides is 2. The highest BCUT2D eigenvalue weighted by Crippen LogP contribution is 2.15. The number of fused-ring (bicyclic) bond motifs is 1. The van der Waals surface area contributed by atoms with Crippen LogP contribution in [0.3, 0.4) is 0 Å². The molecular formula is C22H26N4O4. The number of imidazole rings is 1. The Bertz CT molecular complexity index is 1100. The molecule has 158 valence electrons. The summed E-state index contributed by atoms with van der Waals surface area (Å²) < 4.78 is 3.37. The Kier molecular flexibility index (Phi) is 6.90. The van der Waals surface area contributed by atoms with Crippen molar-refractivity contribution < 1.29 is 14.7 Å². The predicted octanol–water partition coefficient (Wildman–Crippen LogP) is 1.85. The predicted molar refractivity (Wildman–Crippen MR) is 115 cm³/mol. The fourth-order valence-corrected chi connectivity index (χ4v) is 3.37. The van der Waals surface area contributed by atoms with Crippen LogP contribution in [0, 0.1) is 0 Å². The van der Waals surface area contributed by atoms with E-state index in [1.165, 1.54) is 12.1 Å². The third kappa shape index (κ3) is 4.71. The number of nitrogens with one attached hydrogen (secondary N) is 2. The molecule has 3 N–H and O–H groups in total. The van der Waals surface area contributed by atoms with Gasteiger partial charge in [-0.2, -0.15) is 0 Å². The summed E-state index contributed by atoms with van der Waals surface area (Å²) in [6.45, 7) is 3.42. The van der Waals surface area contributed by atoms with Crippen LogP contribution in [0.4, 0.5) is 0 Å². The molecule has 0 spiro atoms. The molecule has 0 saturated carbocycles. The Morgan fingerprint density at radius 1 is 0.900 bits per heavy atom. The molecule has 3 aromatic rings. The lowest BCUT2D eigenvalue weighted by Crippen LogP contribution is -2.35. The van der Waals surface area contributed by atoms with E-state index in [-0.39, 0.29) is 49.0 Å². The lowest BCUT2D eigenvalue weighted by atomic mass is 10.2. The van der Waals surface area contributed by atoms with Gasteiger partial charge in [0.25, 0.3) is 5.91 Å². The molecule has 1 heterocycles. The van der Waals surface area contributed by atoms with Crippen LogP contribution >= 0.6 is 0 Å². The van der Waals surface area contributed by atoms with E-state index >= 15 is 0 Å². The summed E-state index contributed by atoms with van der Waals surface area (Å²) in [5.41, 5.74) is 1.77. The highest BCUT2D eigenvalue weighted by Gasteiger charge is 2.13. The van der Waals surface area contributed by atoms with E-state index in [1.54, 1.807) is 21.3 Å². The Morgan fingerprint density at radius 2 is 1.50 bits per heavy atom. The number of aryl methyl sites for hydroxylation is 2. The summed E-state index contributed by atoms with van der Waals surface area (Å²) in [6.07, 6.45) is 1.01. The van der Waals surface area contributed by atoms with Crippen LogP contribution in [0.15, 0.2) is 53.3 Å². The minimum Gasteiger partial charge on any atom is -0.507 e. The number of phenolic OH excluding ortho intramolecular Hbond substituents is 1. The van der Waals surface area contributed by atoms with Crippen LogP contribution in [0.1, 0.15) is 30.1 Å². The third-order valence-corrected chi connectivity index (χ3v) is 4.82. The number of carbonyl (C=O) groups excluding carboxylic acids is 2. The molecule has 2 aromatic carbocycles. The Morgan fingerprint density at radius 3 is 2.17 bits per heavy atom. The smallest absolute Gasteiger partial charge is 0.329 e. The SMILES string of the molecule is CCCn1c(=O)n(CCC(=O)NCCNC(=O)c2ccccc2O)c2ccccc21. The number of hydrogen-bond donors (Lipinski definition) is 3. The summed E-state index contributed by atoms with van der Waals surface area (Å²) in [5.74, 6) is -0.699. The number of aromatic nitrogens is 2.